The lowest BCUT2D eigenvalue weighted by Gasteiger charge is -2.09. The largest absolute Gasteiger partial charge is 0.465 e. The minimum absolute atomic E-state index is 0.292. The highest BCUT2D eigenvalue weighted by atomic mass is 35.5. The van der Waals surface area contributed by atoms with Crippen LogP contribution < -0.4 is 0 Å². The molecule has 0 saturated heterocycles. The van der Waals surface area contributed by atoms with Crippen LogP contribution >= 0.6 is 11.6 Å². The molecular weight excluding hydrogens is 305 g/mol. The van der Waals surface area contributed by atoms with Gasteiger partial charge in [0.25, 0.3) is 0 Å². The minimum atomic E-state index is -0.611. The van der Waals surface area contributed by atoms with E-state index in [0.29, 0.717) is 21.7 Å². The Morgan fingerprint density at radius 3 is 2.77 bits per heavy atom. The summed E-state index contributed by atoms with van der Waals surface area (Å²) in [4.78, 5) is 15.3. The molecule has 0 N–H and O–H groups in total. The van der Waals surface area contributed by atoms with Crippen LogP contribution in [0.25, 0.3) is 21.9 Å². The Morgan fingerprint density at radius 2 is 2.00 bits per heavy atom. The first kappa shape index (κ1) is 14.5. The number of aromatic nitrogens is 1. The number of hydrogen-bond donors (Lipinski definition) is 0. The molecule has 0 bridgehead atoms. The predicted octanol–water partition coefficient (Wildman–Crippen LogP) is 4.48. The van der Waals surface area contributed by atoms with Gasteiger partial charge in [0.15, 0.2) is 0 Å². The van der Waals surface area contributed by atoms with E-state index in [1.165, 1.54) is 19.4 Å². The van der Waals surface area contributed by atoms with E-state index in [2.05, 4.69) is 4.98 Å². The van der Waals surface area contributed by atoms with Gasteiger partial charge in [-0.15, -0.1) is 0 Å². The number of methoxy groups -OCH3 is 1. The molecule has 3 nitrogen and oxygen atoms in total. The van der Waals surface area contributed by atoms with Crippen LogP contribution in [0, 0.1) is 5.95 Å². The lowest BCUT2D eigenvalue weighted by atomic mass is 9.97. The highest BCUT2D eigenvalue weighted by Gasteiger charge is 2.13. The van der Waals surface area contributed by atoms with Crippen molar-refractivity contribution in [3.63, 3.8) is 0 Å². The van der Waals surface area contributed by atoms with Crippen molar-refractivity contribution in [3.05, 3.63) is 65.2 Å². The van der Waals surface area contributed by atoms with E-state index in [0.717, 1.165) is 10.8 Å². The SMILES string of the molecule is COC(=O)c1ccc2cccc(-c3cc(Cl)cnc3F)c2c1. The van der Waals surface area contributed by atoms with Gasteiger partial charge < -0.3 is 4.74 Å². The van der Waals surface area contributed by atoms with E-state index in [-0.39, 0.29) is 0 Å². The molecule has 0 amide bonds. The molecule has 1 heterocycles. The van der Waals surface area contributed by atoms with Gasteiger partial charge in [-0.2, -0.15) is 4.39 Å². The maximum absolute atomic E-state index is 14.0. The fourth-order valence-electron chi connectivity index (χ4n) is 2.36. The zero-order valence-electron chi connectivity index (χ0n) is 11.6. The average molecular weight is 316 g/mol. The van der Waals surface area contributed by atoms with Gasteiger partial charge in [0.05, 0.1) is 17.7 Å². The number of carbonyl (C=O) groups is 1. The summed E-state index contributed by atoms with van der Waals surface area (Å²) in [6.07, 6.45) is 1.26. The summed E-state index contributed by atoms with van der Waals surface area (Å²) in [6, 6.07) is 12.1. The third-order valence-electron chi connectivity index (χ3n) is 3.40. The topological polar surface area (TPSA) is 39.2 Å². The molecule has 0 aliphatic heterocycles. The molecule has 1 aromatic heterocycles. The van der Waals surface area contributed by atoms with Gasteiger partial charge in [0.1, 0.15) is 0 Å². The zero-order chi connectivity index (χ0) is 15.7. The van der Waals surface area contributed by atoms with E-state index in [1.54, 1.807) is 24.3 Å². The Kier molecular flexibility index (Phi) is 3.77. The molecule has 3 rings (SSSR count). The number of ether oxygens (including phenoxy) is 1. The van der Waals surface area contributed by atoms with Crippen molar-refractivity contribution in [3.8, 4) is 11.1 Å². The molecule has 0 aliphatic carbocycles. The summed E-state index contributed by atoms with van der Waals surface area (Å²) in [5.41, 5.74) is 1.31. The summed E-state index contributed by atoms with van der Waals surface area (Å²) in [5, 5.41) is 1.95. The Morgan fingerprint density at radius 1 is 1.18 bits per heavy atom. The van der Waals surface area contributed by atoms with Crippen LogP contribution in [-0.2, 0) is 4.74 Å². The van der Waals surface area contributed by atoms with Gasteiger partial charge in [-0.05, 0) is 34.5 Å². The van der Waals surface area contributed by atoms with E-state index < -0.39 is 11.9 Å². The standard InChI is InChI=1S/C17H11ClFNO2/c1-22-17(21)11-6-5-10-3-2-4-13(14(10)7-11)15-8-12(18)9-20-16(15)19/h2-9H,1H3. The number of esters is 1. The van der Waals surface area contributed by atoms with E-state index in [1.807, 2.05) is 12.1 Å². The first-order valence-corrected chi connectivity index (χ1v) is 6.90. The highest BCUT2D eigenvalue weighted by molar-refractivity contribution is 6.30. The average Bonchev–Trinajstić information content (AvgIpc) is 2.55. The molecule has 0 fully saturated rings. The summed E-state index contributed by atoms with van der Waals surface area (Å²) >= 11 is 5.92. The molecule has 22 heavy (non-hydrogen) atoms. The van der Waals surface area contributed by atoms with Crippen molar-refractivity contribution in [2.45, 2.75) is 0 Å². The Bertz CT molecular complexity index is 880. The van der Waals surface area contributed by atoms with Gasteiger partial charge in [0, 0.05) is 11.8 Å². The number of carbonyl (C=O) groups excluding carboxylic acids is 1. The van der Waals surface area contributed by atoms with Crippen molar-refractivity contribution >= 4 is 28.3 Å². The van der Waals surface area contributed by atoms with Crippen LogP contribution in [0.15, 0.2) is 48.7 Å². The summed E-state index contributed by atoms with van der Waals surface area (Å²) in [5.74, 6) is -1.05. The Hall–Kier alpha value is -2.46. The third-order valence-corrected chi connectivity index (χ3v) is 3.61. The molecule has 3 aromatic rings. The fraction of sp³-hybridized carbons (Fsp3) is 0.0588. The lowest BCUT2D eigenvalue weighted by Crippen LogP contribution is -2.01. The van der Waals surface area contributed by atoms with Crippen LogP contribution in [0.4, 0.5) is 4.39 Å². The van der Waals surface area contributed by atoms with Gasteiger partial charge in [-0.25, -0.2) is 9.78 Å². The second-order valence-corrected chi connectivity index (χ2v) is 5.16. The van der Waals surface area contributed by atoms with Crippen LogP contribution in [0.2, 0.25) is 5.02 Å². The summed E-state index contributed by atoms with van der Waals surface area (Å²) in [6.45, 7) is 0. The second kappa shape index (κ2) is 5.73. The molecular formula is C17H11ClFNO2. The maximum atomic E-state index is 14.0. The molecule has 0 unspecified atom stereocenters. The summed E-state index contributed by atoms with van der Waals surface area (Å²) < 4.78 is 18.8. The third kappa shape index (κ3) is 2.53. The van der Waals surface area contributed by atoms with Crippen molar-refractivity contribution < 1.29 is 13.9 Å². The molecule has 0 spiro atoms. The minimum Gasteiger partial charge on any atom is -0.465 e. The van der Waals surface area contributed by atoms with Crippen LogP contribution in [0.1, 0.15) is 10.4 Å². The van der Waals surface area contributed by atoms with Gasteiger partial charge in [0.2, 0.25) is 5.95 Å². The maximum Gasteiger partial charge on any atom is 0.337 e. The fourth-order valence-corrected chi connectivity index (χ4v) is 2.52. The van der Waals surface area contributed by atoms with Crippen molar-refractivity contribution in [1.29, 1.82) is 0 Å². The van der Waals surface area contributed by atoms with Crippen LogP contribution in [0.5, 0.6) is 0 Å². The first-order valence-electron chi connectivity index (χ1n) is 6.52. The van der Waals surface area contributed by atoms with Gasteiger partial charge in [-0.3, -0.25) is 0 Å². The van der Waals surface area contributed by atoms with E-state index in [9.17, 15) is 9.18 Å². The zero-order valence-corrected chi connectivity index (χ0v) is 12.4. The number of fused-ring (bicyclic) bond motifs is 1. The highest BCUT2D eigenvalue weighted by Crippen LogP contribution is 2.32. The second-order valence-electron chi connectivity index (χ2n) is 4.72. The van der Waals surface area contributed by atoms with Gasteiger partial charge >= 0.3 is 5.97 Å². The Labute approximate surface area is 131 Å². The quantitative estimate of drug-likeness (QED) is 0.517. The molecule has 0 atom stereocenters. The smallest absolute Gasteiger partial charge is 0.337 e. The molecule has 0 radical (unpaired) electrons. The molecule has 0 aliphatic rings. The molecule has 110 valence electrons. The van der Waals surface area contributed by atoms with Crippen molar-refractivity contribution in [2.24, 2.45) is 0 Å². The first-order chi connectivity index (χ1) is 10.6. The molecule has 0 saturated carbocycles. The molecule has 2 aromatic carbocycles. The predicted molar refractivity (Wildman–Crippen MR) is 83.5 cm³/mol. The monoisotopic (exact) mass is 315 g/mol. The number of benzene rings is 2. The lowest BCUT2D eigenvalue weighted by molar-refractivity contribution is 0.0601. The number of rotatable bonds is 2. The van der Waals surface area contributed by atoms with E-state index >= 15 is 0 Å². The van der Waals surface area contributed by atoms with Crippen LogP contribution in [-0.4, -0.2) is 18.1 Å². The van der Waals surface area contributed by atoms with Crippen molar-refractivity contribution in [1.82, 2.24) is 4.98 Å². The summed E-state index contributed by atoms with van der Waals surface area (Å²) in [7, 11) is 1.32. The van der Waals surface area contributed by atoms with Gasteiger partial charge in [-0.1, -0.05) is 35.9 Å². The normalized spacial score (nSPS) is 10.7. The Balaban J connectivity index is 2.29. The van der Waals surface area contributed by atoms with E-state index in [4.69, 9.17) is 16.3 Å². The number of halogens is 2. The van der Waals surface area contributed by atoms with Crippen molar-refractivity contribution in [2.75, 3.05) is 7.11 Å². The molecule has 5 heteroatoms. The number of nitrogens with zero attached hydrogens (tertiary/aromatic N) is 1. The number of pyridine rings is 1. The van der Waals surface area contributed by atoms with Crippen LogP contribution in [0.3, 0.4) is 0 Å². The number of hydrogen-bond acceptors (Lipinski definition) is 3.